The van der Waals surface area contributed by atoms with Crippen molar-refractivity contribution in [3.05, 3.63) is 29.3 Å². The molecule has 1 aromatic rings. The Hall–Kier alpha value is -1.01. The fourth-order valence-electron chi connectivity index (χ4n) is 1.24. The summed E-state index contributed by atoms with van der Waals surface area (Å²) in [5.74, 6) is 0. The van der Waals surface area contributed by atoms with Gasteiger partial charge in [-0.2, -0.15) is 5.26 Å². The van der Waals surface area contributed by atoms with Gasteiger partial charge in [0.05, 0.1) is 6.07 Å². The maximum Gasteiger partial charge on any atom is 0.0625 e. The number of benzene rings is 1. The molecule has 1 aromatic carbocycles. The van der Waals surface area contributed by atoms with Crippen molar-refractivity contribution in [1.82, 2.24) is 0 Å². The molecule has 0 radical (unpaired) electrons. The maximum absolute atomic E-state index is 8.47. The Morgan fingerprint density at radius 2 is 2.23 bits per heavy atom. The fraction of sp³-hybridized carbons (Fsp3) is 0.300. The summed E-state index contributed by atoms with van der Waals surface area (Å²) in [5, 5.41) is 9.22. The van der Waals surface area contributed by atoms with E-state index in [0.717, 1.165) is 23.0 Å². The minimum Gasteiger partial charge on any atom is -0.398 e. The molecule has 0 aliphatic heterocycles. The Morgan fingerprint density at radius 1 is 1.46 bits per heavy atom. The van der Waals surface area contributed by atoms with Gasteiger partial charge in [0, 0.05) is 17.4 Å². The minimum atomic E-state index is 0.545. The number of hydrogen-bond acceptors (Lipinski definition) is 2. The van der Waals surface area contributed by atoms with Gasteiger partial charge in [0.25, 0.3) is 0 Å². The molecule has 0 saturated heterocycles. The summed E-state index contributed by atoms with van der Waals surface area (Å²) in [4.78, 5) is 0. The lowest BCUT2D eigenvalue weighted by molar-refractivity contribution is 0.996. The van der Waals surface area contributed by atoms with Crippen LogP contribution in [0.15, 0.2) is 18.2 Å². The number of anilines is 1. The molecule has 1 rings (SSSR count). The quantitative estimate of drug-likeness (QED) is 0.651. The molecular weight excluding hydrogens is 228 g/mol. The number of hydrogen-bond donors (Lipinski definition) is 1. The number of rotatable bonds is 3. The van der Waals surface area contributed by atoms with Crippen LogP contribution < -0.4 is 5.73 Å². The first-order valence-electron chi connectivity index (χ1n) is 4.08. The zero-order chi connectivity index (χ0) is 9.68. The van der Waals surface area contributed by atoms with Crippen LogP contribution in [0, 0.1) is 11.3 Å². The van der Waals surface area contributed by atoms with Gasteiger partial charge in [-0.05, 0) is 23.6 Å². The monoisotopic (exact) mass is 238 g/mol. The molecule has 0 bridgehead atoms. The van der Waals surface area contributed by atoms with Crippen LogP contribution in [0.25, 0.3) is 0 Å². The van der Waals surface area contributed by atoms with Crippen molar-refractivity contribution in [2.24, 2.45) is 0 Å². The summed E-state index contributed by atoms with van der Waals surface area (Å²) in [6, 6.07) is 7.96. The van der Waals surface area contributed by atoms with E-state index in [4.69, 9.17) is 11.0 Å². The summed E-state index contributed by atoms with van der Waals surface area (Å²) in [7, 11) is 0. The molecule has 0 fully saturated rings. The van der Waals surface area contributed by atoms with Crippen molar-refractivity contribution >= 4 is 21.6 Å². The highest BCUT2D eigenvalue weighted by molar-refractivity contribution is 9.08. The van der Waals surface area contributed by atoms with E-state index in [-0.39, 0.29) is 0 Å². The van der Waals surface area contributed by atoms with Crippen molar-refractivity contribution in [3.8, 4) is 6.07 Å². The number of alkyl halides is 1. The molecule has 0 aliphatic rings. The molecule has 0 atom stereocenters. The Kier molecular flexibility index (Phi) is 3.78. The average molecular weight is 239 g/mol. The predicted molar refractivity (Wildman–Crippen MR) is 57.4 cm³/mol. The van der Waals surface area contributed by atoms with E-state index in [1.807, 2.05) is 18.2 Å². The third-order valence-electron chi connectivity index (χ3n) is 1.95. The van der Waals surface area contributed by atoms with Gasteiger partial charge in [-0.3, -0.25) is 0 Å². The van der Waals surface area contributed by atoms with Crippen LogP contribution in [-0.4, -0.2) is 0 Å². The van der Waals surface area contributed by atoms with Gasteiger partial charge >= 0.3 is 0 Å². The average Bonchev–Trinajstić information content (AvgIpc) is 2.15. The lowest BCUT2D eigenvalue weighted by Gasteiger charge is -2.07. The van der Waals surface area contributed by atoms with Crippen molar-refractivity contribution in [3.63, 3.8) is 0 Å². The van der Waals surface area contributed by atoms with E-state index in [2.05, 4.69) is 22.0 Å². The molecule has 0 heterocycles. The third-order valence-corrected chi connectivity index (χ3v) is 2.51. The highest BCUT2D eigenvalue weighted by Gasteiger charge is 2.03. The Balaban J connectivity index is 2.93. The number of nitriles is 1. The van der Waals surface area contributed by atoms with Crippen LogP contribution >= 0.6 is 15.9 Å². The van der Waals surface area contributed by atoms with Gasteiger partial charge < -0.3 is 5.73 Å². The molecule has 0 aromatic heterocycles. The summed E-state index contributed by atoms with van der Waals surface area (Å²) in [5.41, 5.74) is 8.86. The Morgan fingerprint density at radius 3 is 2.85 bits per heavy atom. The van der Waals surface area contributed by atoms with Crippen molar-refractivity contribution < 1.29 is 0 Å². The minimum absolute atomic E-state index is 0.545. The van der Waals surface area contributed by atoms with Crippen molar-refractivity contribution in [2.75, 3.05) is 5.73 Å². The van der Waals surface area contributed by atoms with Crippen LogP contribution in [0.2, 0.25) is 0 Å². The molecule has 2 nitrogen and oxygen atoms in total. The van der Waals surface area contributed by atoms with Gasteiger partial charge in [0.1, 0.15) is 0 Å². The molecule has 13 heavy (non-hydrogen) atoms. The highest BCUT2D eigenvalue weighted by atomic mass is 79.9. The van der Waals surface area contributed by atoms with Crippen LogP contribution in [0.3, 0.4) is 0 Å². The lowest BCUT2D eigenvalue weighted by Crippen LogP contribution is -1.97. The van der Waals surface area contributed by atoms with E-state index in [0.29, 0.717) is 6.42 Å². The first kappa shape index (κ1) is 10.1. The normalized spacial score (nSPS) is 9.54. The van der Waals surface area contributed by atoms with Gasteiger partial charge in [-0.15, -0.1) is 0 Å². The van der Waals surface area contributed by atoms with Gasteiger partial charge in [-0.25, -0.2) is 0 Å². The number of nitrogens with two attached hydrogens (primary N) is 1. The second-order valence-electron chi connectivity index (χ2n) is 2.78. The largest absolute Gasteiger partial charge is 0.398 e. The number of halogens is 1. The summed E-state index contributed by atoms with van der Waals surface area (Å²) >= 11 is 3.39. The van der Waals surface area contributed by atoms with Gasteiger partial charge in [-0.1, -0.05) is 28.1 Å². The zero-order valence-electron chi connectivity index (χ0n) is 7.26. The van der Waals surface area contributed by atoms with Gasteiger partial charge in [0.2, 0.25) is 0 Å². The molecule has 0 saturated carbocycles. The molecular formula is C10H11BrN2. The van der Waals surface area contributed by atoms with Crippen molar-refractivity contribution in [1.29, 1.82) is 5.26 Å². The Bertz CT molecular complexity index is 328. The lowest BCUT2D eigenvalue weighted by atomic mass is 10.0. The van der Waals surface area contributed by atoms with E-state index in [9.17, 15) is 0 Å². The predicted octanol–water partition coefficient (Wildman–Crippen LogP) is 2.62. The topological polar surface area (TPSA) is 49.8 Å². The van der Waals surface area contributed by atoms with Gasteiger partial charge in [0.15, 0.2) is 0 Å². The van der Waals surface area contributed by atoms with Crippen LogP contribution in [0.4, 0.5) is 5.69 Å². The van der Waals surface area contributed by atoms with Crippen LogP contribution in [0.5, 0.6) is 0 Å². The number of aryl methyl sites for hydroxylation is 1. The SMILES string of the molecule is N#CCCc1cccc(N)c1CBr. The second kappa shape index (κ2) is 4.88. The third kappa shape index (κ3) is 2.46. The zero-order valence-corrected chi connectivity index (χ0v) is 8.84. The van der Waals surface area contributed by atoms with Crippen LogP contribution in [0.1, 0.15) is 17.5 Å². The van der Waals surface area contributed by atoms with E-state index in [1.54, 1.807) is 0 Å². The molecule has 3 heteroatoms. The van der Waals surface area contributed by atoms with Crippen LogP contribution in [-0.2, 0) is 11.8 Å². The highest BCUT2D eigenvalue weighted by Crippen LogP contribution is 2.20. The number of nitrogen functional groups attached to an aromatic ring is 1. The second-order valence-corrected chi connectivity index (χ2v) is 3.34. The molecule has 0 spiro atoms. The Labute approximate surface area is 86.5 Å². The number of nitrogens with zero attached hydrogens (tertiary/aromatic N) is 1. The summed E-state index contributed by atoms with van der Waals surface area (Å²) in [6.07, 6.45) is 1.33. The first-order valence-corrected chi connectivity index (χ1v) is 5.21. The molecule has 0 amide bonds. The summed E-state index contributed by atoms with van der Waals surface area (Å²) < 4.78 is 0. The van der Waals surface area contributed by atoms with E-state index >= 15 is 0 Å². The van der Waals surface area contributed by atoms with E-state index in [1.165, 1.54) is 5.56 Å². The molecule has 2 N–H and O–H groups in total. The molecule has 68 valence electrons. The molecule has 0 aliphatic carbocycles. The smallest absolute Gasteiger partial charge is 0.0625 e. The fourth-order valence-corrected chi connectivity index (χ4v) is 1.93. The maximum atomic E-state index is 8.47. The first-order chi connectivity index (χ1) is 6.29. The molecule has 0 unspecified atom stereocenters. The van der Waals surface area contributed by atoms with Crippen molar-refractivity contribution in [2.45, 2.75) is 18.2 Å². The summed E-state index contributed by atoms with van der Waals surface area (Å²) in [6.45, 7) is 0. The van der Waals surface area contributed by atoms with E-state index < -0.39 is 0 Å². The standard InChI is InChI=1S/C10H11BrN2/c11-7-9-8(4-2-6-12)3-1-5-10(9)13/h1,3,5H,2,4,7,13H2.